The zero-order valence-corrected chi connectivity index (χ0v) is 17.8. The van der Waals surface area contributed by atoms with E-state index < -0.39 is 10.8 Å². The van der Waals surface area contributed by atoms with Gasteiger partial charge in [0.15, 0.2) is 0 Å². The van der Waals surface area contributed by atoms with E-state index in [1.807, 2.05) is 44.2 Å². The van der Waals surface area contributed by atoms with E-state index in [9.17, 15) is 19.7 Å². The van der Waals surface area contributed by atoms with Crippen LogP contribution in [-0.2, 0) is 4.79 Å². The largest absolute Gasteiger partial charge is 0.339 e. The summed E-state index contributed by atoms with van der Waals surface area (Å²) in [7, 11) is 0. The third-order valence-electron chi connectivity index (χ3n) is 4.82. The van der Waals surface area contributed by atoms with Gasteiger partial charge in [0, 0.05) is 31.3 Å². The molecule has 32 heavy (non-hydrogen) atoms. The highest BCUT2D eigenvalue weighted by Gasteiger charge is 2.23. The summed E-state index contributed by atoms with van der Waals surface area (Å²) in [6.45, 7) is 4.82. The maximum Gasteiger partial charge on any atom is 0.269 e. The number of rotatable bonds is 8. The minimum absolute atomic E-state index is 0.0297. The normalized spacial score (nSPS) is 10.8. The van der Waals surface area contributed by atoms with E-state index in [0.29, 0.717) is 24.3 Å². The summed E-state index contributed by atoms with van der Waals surface area (Å²) >= 11 is 0. The van der Waals surface area contributed by atoms with Gasteiger partial charge in [0.1, 0.15) is 11.4 Å². The molecule has 0 atom stereocenters. The number of non-ortho nitro benzene ring substituents is 1. The van der Waals surface area contributed by atoms with E-state index in [0.717, 1.165) is 0 Å². The van der Waals surface area contributed by atoms with Gasteiger partial charge in [-0.05, 0) is 49.8 Å². The molecule has 0 fully saturated rings. The highest BCUT2D eigenvalue weighted by Crippen LogP contribution is 2.22. The van der Waals surface area contributed by atoms with Crippen LogP contribution in [0.3, 0.4) is 0 Å². The minimum atomic E-state index is -0.487. The molecule has 2 amide bonds. The summed E-state index contributed by atoms with van der Waals surface area (Å²) in [5.74, 6) is -0.423. The number of nitro groups is 1. The molecule has 0 unspecified atom stereocenters. The van der Waals surface area contributed by atoms with Gasteiger partial charge in [-0.3, -0.25) is 19.7 Å². The lowest BCUT2D eigenvalue weighted by molar-refractivity contribution is -0.384. The lowest BCUT2D eigenvalue weighted by Crippen LogP contribution is -2.31. The van der Waals surface area contributed by atoms with Gasteiger partial charge in [-0.1, -0.05) is 18.2 Å². The van der Waals surface area contributed by atoms with Crippen molar-refractivity contribution in [1.29, 1.82) is 0 Å². The van der Waals surface area contributed by atoms with Crippen molar-refractivity contribution in [3.63, 3.8) is 0 Å². The molecule has 1 heterocycles. The standard InChI is InChI=1S/C23H23N5O4/c1-3-26(4-2)23(30)20-16-24-27(18-8-6-5-7-9-18)22(20)25-21(29)15-12-17-10-13-19(14-11-17)28(31)32/h5-16H,3-4H2,1-2H3,(H,25,29)/b15-12+. The number of amides is 2. The number of hydrogen-bond acceptors (Lipinski definition) is 5. The van der Waals surface area contributed by atoms with E-state index in [-0.39, 0.29) is 23.0 Å². The van der Waals surface area contributed by atoms with Gasteiger partial charge in [0.05, 0.1) is 16.8 Å². The van der Waals surface area contributed by atoms with Gasteiger partial charge in [-0.2, -0.15) is 5.10 Å². The monoisotopic (exact) mass is 433 g/mol. The Morgan fingerprint density at radius 3 is 2.34 bits per heavy atom. The molecule has 1 N–H and O–H groups in total. The summed E-state index contributed by atoms with van der Waals surface area (Å²) in [6, 6.07) is 15.0. The highest BCUT2D eigenvalue weighted by atomic mass is 16.6. The number of aromatic nitrogens is 2. The van der Waals surface area contributed by atoms with Crippen molar-refractivity contribution < 1.29 is 14.5 Å². The summed E-state index contributed by atoms with van der Waals surface area (Å²) in [4.78, 5) is 37.6. The second-order valence-corrected chi connectivity index (χ2v) is 6.80. The Morgan fingerprint density at radius 1 is 1.09 bits per heavy atom. The lowest BCUT2D eigenvalue weighted by atomic mass is 10.2. The van der Waals surface area contributed by atoms with Crippen LogP contribution < -0.4 is 5.32 Å². The number of carbonyl (C=O) groups is 2. The van der Waals surface area contributed by atoms with Crippen LogP contribution in [0.4, 0.5) is 11.5 Å². The molecule has 2 aromatic carbocycles. The number of carbonyl (C=O) groups excluding carboxylic acids is 2. The van der Waals surface area contributed by atoms with Crippen molar-refractivity contribution in [2.24, 2.45) is 0 Å². The Hall–Kier alpha value is -4.27. The van der Waals surface area contributed by atoms with E-state index >= 15 is 0 Å². The number of nitrogens with zero attached hydrogens (tertiary/aromatic N) is 4. The van der Waals surface area contributed by atoms with Crippen LogP contribution in [0.15, 0.2) is 66.9 Å². The molecule has 0 radical (unpaired) electrons. The number of anilines is 1. The molecule has 0 aliphatic rings. The molecule has 0 aliphatic carbocycles. The van der Waals surface area contributed by atoms with Gasteiger partial charge in [-0.25, -0.2) is 4.68 Å². The predicted octanol–water partition coefficient (Wildman–Crippen LogP) is 3.91. The molecule has 0 saturated carbocycles. The summed E-state index contributed by atoms with van der Waals surface area (Å²) < 4.78 is 1.51. The Morgan fingerprint density at radius 2 is 1.75 bits per heavy atom. The molecule has 0 aliphatic heterocycles. The van der Waals surface area contributed by atoms with Crippen molar-refractivity contribution >= 4 is 29.4 Å². The van der Waals surface area contributed by atoms with Gasteiger partial charge in [-0.15, -0.1) is 0 Å². The minimum Gasteiger partial charge on any atom is -0.339 e. The number of benzene rings is 2. The molecule has 0 bridgehead atoms. The quantitative estimate of drug-likeness (QED) is 0.329. The lowest BCUT2D eigenvalue weighted by Gasteiger charge is -2.19. The molecule has 0 saturated heterocycles. The second kappa shape index (κ2) is 10.2. The van der Waals surface area contributed by atoms with E-state index in [4.69, 9.17) is 0 Å². The third kappa shape index (κ3) is 5.07. The third-order valence-corrected chi connectivity index (χ3v) is 4.82. The van der Waals surface area contributed by atoms with E-state index in [1.54, 1.807) is 17.0 Å². The zero-order chi connectivity index (χ0) is 23.1. The van der Waals surface area contributed by atoms with Crippen molar-refractivity contribution in [3.05, 3.63) is 88.1 Å². The fourth-order valence-electron chi connectivity index (χ4n) is 3.11. The summed E-state index contributed by atoms with van der Waals surface area (Å²) in [6.07, 6.45) is 4.28. The van der Waals surface area contributed by atoms with Crippen molar-refractivity contribution in [1.82, 2.24) is 14.7 Å². The Kier molecular flexibility index (Phi) is 7.12. The number of hydrogen-bond donors (Lipinski definition) is 1. The molecule has 9 nitrogen and oxygen atoms in total. The van der Waals surface area contributed by atoms with Crippen LogP contribution >= 0.6 is 0 Å². The SMILES string of the molecule is CCN(CC)C(=O)c1cnn(-c2ccccc2)c1NC(=O)/C=C/c1ccc([N+](=O)[O-])cc1. The molecule has 3 rings (SSSR count). The number of nitro benzene ring substituents is 1. The number of nitrogens with one attached hydrogen (secondary N) is 1. The smallest absolute Gasteiger partial charge is 0.269 e. The average molecular weight is 433 g/mol. The van der Waals surface area contributed by atoms with E-state index in [1.165, 1.54) is 35.2 Å². The average Bonchev–Trinajstić information content (AvgIpc) is 3.22. The fourth-order valence-corrected chi connectivity index (χ4v) is 3.11. The van der Waals surface area contributed by atoms with Crippen LogP contribution in [0.1, 0.15) is 29.8 Å². The van der Waals surface area contributed by atoms with Crippen LogP contribution in [0, 0.1) is 10.1 Å². The van der Waals surface area contributed by atoms with Gasteiger partial charge in [0.2, 0.25) is 5.91 Å². The second-order valence-electron chi connectivity index (χ2n) is 6.80. The molecule has 1 aromatic heterocycles. The maximum atomic E-state index is 13.0. The van der Waals surface area contributed by atoms with Crippen LogP contribution in [0.25, 0.3) is 11.8 Å². The highest BCUT2D eigenvalue weighted by molar-refractivity contribution is 6.07. The van der Waals surface area contributed by atoms with Crippen molar-refractivity contribution in [2.75, 3.05) is 18.4 Å². The van der Waals surface area contributed by atoms with Gasteiger partial charge < -0.3 is 10.2 Å². The molecular formula is C23H23N5O4. The predicted molar refractivity (Wildman–Crippen MR) is 122 cm³/mol. The van der Waals surface area contributed by atoms with Crippen LogP contribution in [-0.4, -0.2) is 44.5 Å². The maximum absolute atomic E-state index is 13.0. The molecule has 164 valence electrons. The van der Waals surface area contributed by atoms with Gasteiger partial charge >= 0.3 is 0 Å². The Bertz CT molecular complexity index is 1130. The van der Waals surface area contributed by atoms with Crippen LogP contribution in [0.5, 0.6) is 0 Å². The molecule has 3 aromatic rings. The summed E-state index contributed by atoms with van der Waals surface area (Å²) in [5.41, 5.74) is 1.58. The molecule has 0 spiro atoms. The molecule has 9 heteroatoms. The topological polar surface area (TPSA) is 110 Å². The Balaban J connectivity index is 1.89. The molecular weight excluding hydrogens is 410 g/mol. The van der Waals surface area contributed by atoms with Crippen molar-refractivity contribution in [2.45, 2.75) is 13.8 Å². The summed E-state index contributed by atoms with van der Waals surface area (Å²) in [5, 5.41) is 17.9. The first-order valence-corrected chi connectivity index (χ1v) is 10.1. The first-order valence-electron chi connectivity index (χ1n) is 10.1. The fraction of sp³-hybridized carbons (Fsp3) is 0.174. The van der Waals surface area contributed by atoms with E-state index in [2.05, 4.69) is 10.4 Å². The van der Waals surface area contributed by atoms with Crippen LogP contribution in [0.2, 0.25) is 0 Å². The van der Waals surface area contributed by atoms with Crippen molar-refractivity contribution in [3.8, 4) is 5.69 Å². The zero-order valence-electron chi connectivity index (χ0n) is 17.8. The first kappa shape index (κ1) is 22.4. The number of para-hydroxylation sites is 1. The first-order chi connectivity index (χ1) is 15.4. The van der Waals surface area contributed by atoms with Gasteiger partial charge in [0.25, 0.3) is 11.6 Å². The Labute approximate surface area is 185 Å².